The van der Waals surface area contributed by atoms with Crippen LogP contribution in [-0.2, 0) is 22.8 Å². The van der Waals surface area contributed by atoms with Gasteiger partial charge < -0.3 is 14.6 Å². The molecule has 13 heteroatoms. The van der Waals surface area contributed by atoms with Gasteiger partial charge in [0, 0.05) is 53.5 Å². The van der Waals surface area contributed by atoms with Crippen molar-refractivity contribution in [2.75, 3.05) is 24.8 Å². The number of rotatable bonds is 14. The van der Waals surface area contributed by atoms with Gasteiger partial charge in [0.05, 0.1) is 30.4 Å². The summed E-state index contributed by atoms with van der Waals surface area (Å²) in [5.41, 5.74) is 3.18. The molecule has 0 spiro atoms. The molecule has 4 heterocycles. The maximum atomic E-state index is 9.57. The molecular weight excluding hydrogens is 535 g/mol. The van der Waals surface area contributed by atoms with Gasteiger partial charge in [-0.1, -0.05) is 39.3 Å². The quantitative estimate of drug-likeness (QED) is 0.123. The second-order valence-corrected chi connectivity index (χ2v) is 23.8. The SMILES string of the molecule is C[Si](C)(C)CCOCN(c1cc(CO)ns1)c1nccn2c(-c3cnn(COCC[Si](C)(C)C)c3)cnc12. The molecule has 38 heavy (non-hydrogen) atoms. The van der Waals surface area contributed by atoms with E-state index in [9.17, 15) is 5.11 Å². The maximum absolute atomic E-state index is 9.57. The standard InChI is InChI=1S/C25H39N7O3SSi2/c1-37(2,3)11-9-34-18-30-16-20(14-28-30)22-15-27-25-24(26-7-8-31(22)25)32(19-35-10-12-38(4,5)6)23-13-21(17-33)29-36-23/h7-8,13-16,33H,9-12,17-19H2,1-6H3. The molecule has 4 aromatic rings. The van der Waals surface area contributed by atoms with E-state index in [2.05, 4.69) is 53.7 Å². The molecule has 0 amide bonds. The van der Waals surface area contributed by atoms with Crippen LogP contribution in [0.4, 0.5) is 10.8 Å². The fraction of sp³-hybridized carbons (Fsp3) is 0.520. The summed E-state index contributed by atoms with van der Waals surface area (Å²) < 4.78 is 20.1. The van der Waals surface area contributed by atoms with Crippen molar-refractivity contribution in [1.82, 2.24) is 28.5 Å². The third kappa shape index (κ3) is 7.58. The van der Waals surface area contributed by atoms with Crippen molar-refractivity contribution in [2.24, 2.45) is 0 Å². The normalized spacial score (nSPS) is 12.5. The molecule has 1 N–H and O–H groups in total. The predicted molar refractivity (Wildman–Crippen MR) is 157 cm³/mol. The van der Waals surface area contributed by atoms with E-state index in [1.165, 1.54) is 11.5 Å². The van der Waals surface area contributed by atoms with Crippen molar-refractivity contribution in [3.63, 3.8) is 0 Å². The monoisotopic (exact) mass is 573 g/mol. The highest BCUT2D eigenvalue weighted by Gasteiger charge is 2.21. The fourth-order valence-electron chi connectivity index (χ4n) is 3.68. The Labute approximate surface area is 230 Å². The van der Waals surface area contributed by atoms with Gasteiger partial charge in [0.2, 0.25) is 0 Å². The molecule has 0 aliphatic heterocycles. The first-order chi connectivity index (χ1) is 18.0. The molecule has 0 saturated heterocycles. The lowest BCUT2D eigenvalue weighted by atomic mass is 10.3. The Morgan fingerprint density at radius 3 is 2.42 bits per heavy atom. The molecule has 0 aromatic carbocycles. The molecule has 0 aliphatic carbocycles. The fourth-order valence-corrected chi connectivity index (χ4v) is 5.94. The smallest absolute Gasteiger partial charge is 0.181 e. The minimum atomic E-state index is -1.22. The van der Waals surface area contributed by atoms with Gasteiger partial charge in [-0.15, -0.1) is 0 Å². The largest absolute Gasteiger partial charge is 0.390 e. The first-order valence-corrected chi connectivity index (χ1v) is 21.1. The van der Waals surface area contributed by atoms with E-state index in [0.717, 1.165) is 35.0 Å². The lowest BCUT2D eigenvalue weighted by Crippen LogP contribution is -2.26. The number of ether oxygens (including phenoxy) is 2. The zero-order valence-corrected chi connectivity index (χ0v) is 26.0. The van der Waals surface area contributed by atoms with E-state index in [-0.39, 0.29) is 6.61 Å². The maximum Gasteiger partial charge on any atom is 0.181 e. The Hall–Kier alpha value is -2.43. The average Bonchev–Trinajstić information content (AvgIpc) is 3.59. The number of hydrogen-bond donors (Lipinski definition) is 1. The minimum absolute atomic E-state index is 0.113. The molecule has 10 nitrogen and oxygen atoms in total. The first kappa shape index (κ1) is 28.6. The molecular formula is C25H39N7O3SSi2. The van der Waals surface area contributed by atoms with Gasteiger partial charge >= 0.3 is 0 Å². The third-order valence-electron chi connectivity index (χ3n) is 6.01. The lowest BCUT2D eigenvalue weighted by molar-refractivity contribution is 0.0786. The zero-order chi connectivity index (χ0) is 27.3. The van der Waals surface area contributed by atoms with Gasteiger partial charge in [-0.05, 0) is 29.7 Å². The van der Waals surface area contributed by atoms with Crippen LogP contribution in [-0.4, -0.2) is 69.7 Å². The Balaban J connectivity index is 1.56. The Morgan fingerprint density at radius 2 is 1.74 bits per heavy atom. The molecule has 4 aromatic heterocycles. The van der Waals surface area contributed by atoms with E-state index < -0.39 is 16.1 Å². The summed E-state index contributed by atoms with van der Waals surface area (Å²) in [5.74, 6) is 0.668. The molecule has 0 atom stereocenters. The Bertz CT molecular complexity index is 1330. The number of fused-ring (bicyclic) bond motifs is 1. The summed E-state index contributed by atoms with van der Waals surface area (Å²) >= 11 is 1.31. The number of nitrogens with zero attached hydrogens (tertiary/aromatic N) is 7. The van der Waals surface area contributed by atoms with Crippen LogP contribution >= 0.6 is 11.5 Å². The lowest BCUT2D eigenvalue weighted by Gasteiger charge is -2.23. The molecule has 0 saturated carbocycles. The van der Waals surface area contributed by atoms with Gasteiger partial charge in [0.25, 0.3) is 0 Å². The summed E-state index contributed by atoms with van der Waals surface area (Å²) in [7, 11) is -2.34. The van der Waals surface area contributed by atoms with Crippen molar-refractivity contribution in [3.8, 4) is 11.3 Å². The zero-order valence-electron chi connectivity index (χ0n) is 23.2. The minimum Gasteiger partial charge on any atom is -0.390 e. The average molecular weight is 574 g/mol. The summed E-state index contributed by atoms with van der Waals surface area (Å²) in [6.07, 6.45) is 9.31. The summed E-state index contributed by atoms with van der Waals surface area (Å²) in [4.78, 5) is 11.4. The van der Waals surface area contributed by atoms with E-state index in [4.69, 9.17) is 14.5 Å². The van der Waals surface area contributed by atoms with Crippen molar-refractivity contribution < 1.29 is 14.6 Å². The summed E-state index contributed by atoms with van der Waals surface area (Å²) in [6.45, 7) is 16.1. The van der Waals surface area contributed by atoms with Crippen LogP contribution in [0.25, 0.3) is 16.9 Å². The predicted octanol–water partition coefficient (Wildman–Crippen LogP) is 5.30. The second kappa shape index (κ2) is 12.2. The van der Waals surface area contributed by atoms with Gasteiger partial charge in [0.15, 0.2) is 11.5 Å². The van der Waals surface area contributed by atoms with Crippen molar-refractivity contribution in [1.29, 1.82) is 0 Å². The molecule has 0 radical (unpaired) electrons. The molecule has 0 aliphatic rings. The van der Waals surface area contributed by atoms with E-state index in [1.54, 1.807) is 6.20 Å². The van der Waals surface area contributed by atoms with Crippen LogP contribution in [0.3, 0.4) is 0 Å². The molecule has 206 valence electrons. The topological polar surface area (TPSA) is 103 Å². The number of aromatic nitrogens is 6. The van der Waals surface area contributed by atoms with Crippen LogP contribution in [0.15, 0.2) is 37.1 Å². The number of anilines is 2. The number of imidazole rings is 1. The third-order valence-corrected chi connectivity index (χ3v) is 10.3. The number of aliphatic hydroxyl groups is 1. The molecule has 4 rings (SSSR count). The van der Waals surface area contributed by atoms with Crippen LogP contribution in [0.2, 0.25) is 51.4 Å². The van der Waals surface area contributed by atoms with Crippen LogP contribution in [0, 0.1) is 0 Å². The number of aliphatic hydroxyl groups excluding tert-OH is 1. The van der Waals surface area contributed by atoms with Crippen molar-refractivity contribution in [3.05, 3.63) is 42.7 Å². The van der Waals surface area contributed by atoms with Gasteiger partial charge in [-0.3, -0.25) is 9.30 Å². The molecule has 0 unspecified atom stereocenters. The van der Waals surface area contributed by atoms with Crippen LogP contribution in [0.1, 0.15) is 5.69 Å². The highest BCUT2D eigenvalue weighted by atomic mass is 32.1. The van der Waals surface area contributed by atoms with E-state index in [1.807, 2.05) is 44.8 Å². The van der Waals surface area contributed by atoms with E-state index >= 15 is 0 Å². The number of hydrogen-bond acceptors (Lipinski definition) is 9. The highest BCUT2D eigenvalue weighted by Crippen LogP contribution is 2.32. The highest BCUT2D eigenvalue weighted by molar-refractivity contribution is 7.10. The molecule has 0 bridgehead atoms. The summed E-state index contributed by atoms with van der Waals surface area (Å²) in [6, 6.07) is 4.07. The molecule has 0 fully saturated rings. The Kier molecular flexibility index (Phi) is 9.16. The van der Waals surface area contributed by atoms with Crippen molar-refractivity contribution in [2.45, 2.75) is 64.7 Å². The van der Waals surface area contributed by atoms with Crippen molar-refractivity contribution >= 4 is 44.1 Å². The first-order valence-electron chi connectivity index (χ1n) is 12.9. The van der Waals surface area contributed by atoms with Gasteiger partial charge in [0.1, 0.15) is 18.5 Å². The van der Waals surface area contributed by atoms with Crippen LogP contribution < -0.4 is 4.90 Å². The summed E-state index contributed by atoms with van der Waals surface area (Å²) in [5, 5.41) is 14.9. The van der Waals surface area contributed by atoms with E-state index in [0.29, 0.717) is 37.2 Å². The van der Waals surface area contributed by atoms with Gasteiger partial charge in [-0.2, -0.15) is 9.47 Å². The second-order valence-electron chi connectivity index (χ2n) is 11.8. The van der Waals surface area contributed by atoms with Crippen LogP contribution in [0.5, 0.6) is 0 Å². The van der Waals surface area contributed by atoms with Gasteiger partial charge in [-0.25, -0.2) is 14.6 Å². The Morgan fingerprint density at radius 1 is 1.00 bits per heavy atom.